The fourth-order valence-corrected chi connectivity index (χ4v) is 3.83. The molecule has 0 unspecified atom stereocenters. The van der Waals surface area contributed by atoms with Gasteiger partial charge < -0.3 is 4.52 Å². The molecule has 0 fully saturated rings. The van der Waals surface area contributed by atoms with E-state index in [1.807, 2.05) is 0 Å². The van der Waals surface area contributed by atoms with Crippen LogP contribution >= 0.6 is 0 Å². The molecule has 0 aliphatic rings. The smallest absolute Gasteiger partial charge is 0.333 e. The molecule has 0 bridgehead atoms. The Morgan fingerprint density at radius 2 is 1.74 bits per heavy atom. The summed E-state index contributed by atoms with van der Waals surface area (Å²) in [5.74, 6) is 0.196. The lowest BCUT2D eigenvalue weighted by molar-refractivity contribution is -0.137. The molecule has 0 aliphatic carbocycles. The Morgan fingerprint density at radius 3 is 2.44 bits per heavy atom. The van der Waals surface area contributed by atoms with E-state index < -0.39 is 21.8 Å². The third-order valence-electron chi connectivity index (χ3n) is 4.95. The molecule has 3 heterocycles. The largest absolute Gasteiger partial charge is 0.416 e. The number of hydrogen-bond donors (Lipinski definition) is 1. The molecular weight excluding hydrogens is 473 g/mol. The summed E-state index contributed by atoms with van der Waals surface area (Å²) in [6.45, 7) is 0. The van der Waals surface area contributed by atoms with Gasteiger partial charge in [-0.05, 0) is 30.3 Å². The van der Waals surface area contributed by atoms with Crippen molar-refractivity contribution in [2.45, 2.75) is 11.1 Å². The number of hydrogen-bond acceptors (Lipinski definition) is 7. The standard InChI is InChI=1S/C21H13F3N6O3S/c22-21(23,24)14-6-4-12(5-7-14)17-8-9-30-19(27-17)16(11-26-30)20-28-18(29-33-20)13-2-1-3-15(10-13)34(25,31)32/h1-11H,(H2,25,31,32). The lowest BCUT2D eigenvalue weighted by Crippen LogP contribution is -2.11. The van der Waals surface area contributed by atoms with Crippen LogP contribution in [0.25, 0.3) is 39.7 Å². The number of rotatable bonds is 4. The summed E-state index contributed by atoms with van der Waals surface area (Å²) in [4.78, 5) is 8.70. The second kappa shape index (κ2) is 7.74. The van der Waals surface area contributed by atoms with Gasteiger partial charge in [0, 0.05) is 17.3 Å². The van der Waals surface area contributed by atoms with Crippen molar-refractivity contribution >= 4 is 15.7 Å². The van der Waals surface area contributed by atoms with Crippen LogP contribution in [-0.2, 0) is 16.2 Å². The van der Waals surface area contributed by atoms with Crippen LogP contribution in [0.3, 0.4) is 0 Å². The molecule has 13 heteroatoms. The van der Waals surface area contributed by atoms with Crippen LogP contribution in [0.4, 0.5) is 13.2 Å². The fourth-order valence-electron chi connectivity index (χ4n) is 3.27. The number of alkyl halides is 3. The molecule has 0 amide bonds. The van der Waals surface area contributed by atoms with Gasteiger partial charge in [0.05, 0.1) is 22.3 Å². The highest BCUT2D eigenvalue weighted by Crippen LogP contribution is 2.31. The second-order valence-corrected chi connectivity index (χ2v) is 8.77. The van der Waals surface area contributed by atoms with Gasteiger partial charge in [-0.2, -0.15) is 23.3 Å². The van der Waals surface area contributed by atoms with E-state index in [0.29, 0.717) is 28.0 Å². The number of benzene rings is 2. The van der Waals surface area contributed by atoms with Gasteiger partial charge in [-0.3, -0.25) is 0 Å². The highest BCUT2D eigenvalue weighted by molar-refractivity contribution is 7.89. The number of halogens is 3. The monoisotopic (exact) mass is 486 g/mol. The summed E-state index contributed by atoms with van der Waals surface area (Å²) in [6.07, 6.45) is -1.37. The van der Waals surface area contributed by atoms with Gasteiger partial charge in [0.15, 0.2) is 5.65 Å². The Hall–Kier alpha value is -4.10. The van der Waals surface area contributed by atoms with Gasteiger partial charge >= 0.3 is 6.18 Å². The van der Waals surface area contributed by atoms with Gasteiger partial charge in [-0.1, -0.05) is 29.4 Å². The number of aromatic nitrogens is 5. The number of primary sulfonamides is 1. The summed E-state index contributed by atoms with van der Waals surface area (Å²) >= 11 is 0. The van der Waals surface area contributed by atoms with E-state index >= 15 is 0 Å². The fraction of sp³-hybridized carbons (Fsp3) is 0.0476. The predicted octanol–water partition coefficient (Wildman–Crippen LogP) is 3.78. The summed E-state index contributed by atoms with van der Waals surface area (Å²) in [5, 5.41) is 13.3. The molecule has 2 aromatic carbocycles. The highest BCUT2D eigenvalue weighted by Gasteiger charge is 2.30. The molecular formula is C21H13F3N6O3S. The Morgan fingerprint density at radius 1 is 0.971 bits per heavy atom. The van der Waals surface area contributed by atoms with Crippen molar-refractivity contribution in [1.29, 1.82) is 0 Å². The molecule has 0 saturated carbocycles. The maximum absolute atomic E-state index is 12.8. The molecule has 0 atom stereocenters. The first-order valence-electron chi connectivity index (χ1n) is 9.59. The lowest BCUT2D eigenvalue weighted by atomic mass is 10.1. The van der Waals surface area contributed by atoms with Gasteiger partial charge in [0.1, 0.15) is 5.56 Å². The minimum Gasteiger partial charge on any atom is -0.333 e. The zero-order valence-electron chi connectivity index (χ0n) is 16.9. The Balaban J connectivity index is 1.52. The van der Waals surface area contributed by atoms with Crippen molar-refractivity contribution in [2.24, 2.45) is 5.14 Å². The summed E-state index contributed by atoms with van der Waals surface area (Å²) in [6, 6.07) is 12.0. The van der Waals surface area contributed by atoms with Crippen molar-refractivity contribution in [1.82, 2.24) is 24.7 Å². The third-order valence-corrected chi connectivity index (χ3v) is 5.87. The molecule has 172 valence electrons. The summed E-state index contributed by atoms with van der Waals surface area (Å²) in [7, 11) is -3.91. The minimum absolute atomic E-state index is 0.0723. The molecule has 9 nitrogen and oxygen atoms in total. The van der Waals surface area contributed by atoms with Crippen molar-refractivity contribution < 1.29 is 26.1 Å². The maximum Gasteiger partial charge on any atom is 0.416 e. The van der Waals surface area contributed by atoms with Crippen LogP contribution in [0.2, 0.25) is 0 Å². The molecule has 2 N–H and O–H groups in total. The van der Waals surface area contributed by atoms with E-state index in [0.717, 1.165) is 12.1 Å². The van der Waals surface area contributed by atoms with Crippen molar-refractivity contribution in [3.63, 3.8) is 0 Å². The van der Waals surface area contributed by atoms with Crippen molar-refractivity contribution in [3.05, 3.63) is 72.6 Å². The van der Waals surface area contributed by atoms with Crippen LogP contribution < -0.4 is 5.14 Å². The van der Waals surface area contributed by atoms with Gasteiger partial charge in [-0.25, -0.2) is 23.1 Å². The zero-order valence-corrected chi connectivity index (χ0v) is 17.7. The van der Waals surface area contributed by atoms with Crippen LogP contribution in [0.1, 0.15) is 5.56 Å². The zero-order chi connectivity index (χ0) is 24.1. The molecule has 5 aromatic rings. The van der Waals surface area contributed by atoms with Gasteiger partial charge in [-0.15, -0.1) is 0 Å². The first-order chi connectivity index (χ1) is 16.1. The molecule has 0 radical (unpaired) electrons. The molecule has 0 spiro atoms. The van der Waals surface area contributed by atoms with Gasteiger partial charge in [0.25, 0.3) is 5.89 Å². The number of nitrogens with zero attached hydrogens (tertiary/aromatic N) is 5. The van der Waals surface area contributed by atoms with Crippen LogP contribution in [-0.4, -0.2) is 33.2 Å². The van der Waals surface area contributed by atoms with E-state index in [4.69, 9.17) is 9.66 Å². The quantitative estimate of drug-likeness (QED) is 0.409. The molecule has 3 aromatic heterocycles. The maximum atomic E-state index is 12.8. The lowest BCUT2D eigenvalue weighted by Gasteiger charge is -2.07. The van der Waals surface area contributed by atoms with Crippen LogP contribution in [0.5, 0.6) is 0 Å². The minimum atomic E-state index is -4.43. The predicted molar refractivity (Wildman–Crippen MR) is 114 cm³/mol. The summed E-state index contributed by atoms with van der Waals surface area (Å²) in [5.41, 5.74) is 1.24. The third kappa shape index (κ3) is 4.02. The Bertz CT molecular complexity index is 1630. The molecule has 0 aliphatic heterocycles. The topological polar surface area (TPSA) is 129 Å². The summed E-state index contributed by atoms with van der Waals surface area (Å²) < 4.78 is 68.6. The number of sulfonamides is 1. The average Bonchev–Trinajstić information content (AvgIpc) is 3.45. The molecule has 34 heavy (non-hydrogen) atoms. The Labute approximate surface area is 189 Å². The van der Waals surface area contributed by atoms with E-state index in [9.17, 15) is 21.6 Å². The van der Waals surface area contributed by atoms with Crippen LogP contribution in [0, 0.1) is 0 Å². The SMILES string of the molecule is NS(=O)(=O)c1cccc(-c2noc(-c3cnn4ccc(-c5ccc(C(F)(F)F)cc5)nc34)n2)c1. The van der Waals surface area contributed by atoms with E-state index in [-0.39, 0.29) is 16.6 Å². The molecule has 0 saturated heterocycles. The van der Waals surface area contributed by atoms with Crippen molar-refractivity contribution in [3.8, 4) is 34.1 Å². The number of nitrogens with two attached hydrogens (primary N) is 1. The normalized spacial score (nSPS) is 12.4. The first kappa shape index (κ1) is 21.7. The van der Waals surface area contributed by atoms with Crippen molar-refractivity contribution in [2.75, 3.05) is 0 Å². The van der Waals surface area contributed by atoms with Crippen LogP contribution in [0.15, 0.2) is 76.4 Å². The van der Waals surface area contributed by atoms with E-state index in [2.05, 4.69) is 20.2 Å². The average molecular weight is 486 g/mol. The highest BCUT2D eigenvalue weighted by atomic mass is 32.2. The second-order valence-electron chi connectivity index (χ2n) is 7.21. The number of fused-ring (bicyclic) bond motifs is 1. The van der Waals surface area contributed by atoms with E-state index in [1.165, 1.54) is 41.0 Å². The van der Waals surface area contributed by atoms with Gasteiger partial charge in [0.2, 0.25) is 15.8 Å². The molecule has 5 rings (SSSR count). The first-order valence-corrected chi connectivity index (χ1v) is 11.1. The Kier molecular flexibility index (Phi) is 4.95. The van der Waals surface area contributed by atoms with E-state index in [1.54, 1.807) is 18.3 Å².